The zero-order valence-corrected chi connectivity index (χ0v) is 20.3. The van der Waals surface area contributed by atoms with Crippen LogP contribution >= 0.6 is 0 Å². The van der Waals surface area contributed by atoms with Gasteiger partial charge in [-0.25, -0.2) is 0 Å². The molecular weight excluding hydrogens is 448 g/mol. The van der Waals surface area contributed by atoms with Gasteiger partial charge in [0.15, 0.2) is 0 Å². The van der Waals surface area contributed by atoms with E-state index in [1.54, 1.807) is 0 Å². The third-order valence-electron chi connectivity index (χ3n) is 7.85. The molecule has 0 saturated carbocycles. The van der Waals surface area contributed by atoms with E-state index in [2.05, 4.69) is 138 Å². The quantitative estimate of drug-likeness (QED) is 0.236. The van der Waals surface area contributed by atoms with Gasteiger partial charge in [-0.15, -0.1) is 0 Å². The van der Waals surface area contributed by atoms with E-state index >= 15 is 0 Å². The van der Waals surface area contributed by atoms with Crippen LogP contribution in [-0.2, 0) is 0 Å². The molecule has 0 saturated heterocycles. The van der Waals surface area contributed by atoms with E-state index in [1.165, 1.54) is 49.1 Å². The summed E-state index contributed by atoms with van der Waals surface area (Å²) in [6.45, 7) is 0. The van der Waals surface area contributed by atoms with Crippen LogP contribution in [0.4, 0.5) is 5.69 Å². The van der Waals surface area contributed by atoms with Gasteiger partial charge < -0.3 is 4.90 Å². The molecule has 0 amide bonds. The normalized spacial score (nSPS) is 18.7. The number of allylic oxidation sites excluding steroid dienone is 2. The zero-order valence-electron chi connectivity index (χ0n) is 20.3. The van der Waals surface area contributed by atoms with Gasteiger partial charge >= 0.3 is 0 Å². The van der Waals surface area contributed by atoms with Crippen LogP contribution in [0.2, 0.25) is 0 Å². The summed E-state index contributed by atoms with van der Waals surface area (Å²) < 4.78 is 0. The van der Waals surface area contributed by atoms with Gasteiger partial charge in [-0.1, -0.05) is 109 Å². The van der Waals surface area contributed by atoms with E-state index in [0.717, 1.165) is 11.4 Å². The summed E-state index contributed by atoms with van der Waals surface area (Å²) in [7, 11) is 0. The molecule has 37 heavy (non-hydrogen) atoms. The lowest BCUT2D eigenvalue weighted by atomic mass is 9.91. The fourth-order valence-electron chi connectivity index (χ4n) is 6.12. The zero-order chi connectivity index (χ0) is 24.3. The number of rotatable bonds is 3. The highest BCUT2D eigenvalue weighted by Crippen LogP contribution is 2.38. The molecule has 1 aliphatic heterocycles. The van der Waals surface area contributed by atoms with Crippen LogP contribution in [0.5, 0.6) is 0 Å². The molecule has 0 fully saturated rings. The maximum absolute atomic E-state index is 5.14. The van der Waals surface area contributed by atoms with Gasteiger partial charge in [-0.3, -0.25) is 4.99 Å². The Balaban J connectivity index is 1.21. The van der Waals surface area contributed by atoms with E-state index < -0.39 is 0 Å². The Morgan fingerprint density at radius 2 is 1.14 bits per heavy atom. The third-order valence-corrected chi connectivity index (χ3v) is 7.85. The highest BCUT2D eigenvalue weighted by molar-refractivity contribution is 6.23. The molecule has 2 atom stereocenters. The van der Waals surface area contributed by atoms with Crippen LogP contribution in [0.15, 0.2) is 138 Å². The van der Waals surface area contributed by atoms with Crippen molar-refractivity contribution in [1.29, 1.82) is 0 Å². The third kappa shape index (κ3) is 3.16. The predicted molar refractivity (Wildman–Crippen MR) is 157 cm³/mol. The molecule has 2 nitrogen and oxygen atoms in total. The van der Waals surface area contributed by atoms with Crippen LogP contribution in [0.25, 0.3) is 43.4 Å². The number of anilines is 1. The molecule has 8 rings (SSSR count). The Hall–Kier alpha value is -4.69. The molecule has 6 aromatic carbocycles. The molecule has 2 aliphatic rings. The Morgan fingerprint density at radius 3 is 1.86 bits per heavy atom. The summed E-state index contributed by atoms with van der Waals surface area (Å²) in [6.07, 6.45) is 8.69. The summed E-state index contributed by atoms with van der Waals surface area (Å²) in [6, 6.07) is 40.1. The van der Waals surface area contributed by atoms with Gasteiger partial charge in [0.1, 0.15) is 5.84 Å². The van der Waals surface area contributed by atoms with E-state index in [-0.39, 0.29) is 12.1 Å². The number of para-hydroxylation sites is 1. The summed E-state index contributed by atoms with van der Waals surface area (Å²) in [5, 5.41) is 7.91. The van der Waals surface area contributed by atoms with E-state index in [1.807, 2.05) is 0 Å². The van der Waals surface area contributed by atoms with Crippen LogP contribution in [0, 0.1) is 0 Å². The van der Waals surface area contributed by atoms with Crippen molar-refractivity contribution in [3.63, 3.8) is 0 Å². The van der Waals surface area contributed by atoms with Crippen molar-refractivity contribution >= 4 is 43.8 Å². The average Bonchev–Trinajstić information content (AvgIpc) is 3.36. The van der Waals surface area contributed by atoms with Crippen LogP contribution < -0.4 is 4.90 Å². The Morgan fingerprint density at radius 1 is 0.514 bits per heavy atom. The minimum absolute atomic E-state index is 0.139. The van der Waals surface area contributed by atoms with Crippen molar-refractivity contribution in [2.75, 3.05) is 4.90 Å². The molecule has 0 N–H and O–H groups in total. The summed E-state index contributed by atoms with van der Waals surface area (Å²) in [5.74, 6) is 1.03. The molecule has 2 heteroatoms. The van der Waals surface area contributed by atoms with Gasteiger partial charge in [0, 0.05) is 11.3 Å². The van der Waals surface area contributed by atoms with Crippen molar-refractivity contribution in [2.45, 2.75) is 12.1 Å². The molecule has 6 aromatic rings. The molecule has 2 unspecified atom stereocenters. The summed E-state index contributed by atoms with van der Waals surface area (Å²) in [4.78, 5) is 7.51. The standard InChI is InChI=1S/C35H24N2/c1-2-9-30(10-3-1)37-32-12-5-4-11-31(32)36-35(37)26-17-13-23(14-18-26)29-21-27-19-15-24-7-6-8-25-16-20-28(22-29)34(27)33(24)25/h1-22,31-32H. The Bertz CT molecular complexity index is 1810. The summed E-state index contributed by atoms with van der Waals surface area (Å²) >= 11 is 0. The molecular formula is C35H24N2. The Labute approximate surface area is 215 Å². The van der Waals surface area contributed by atoms with Crippen molar-refractivity contribution in [3.8, 4) is 11.1 Å². The lowest BCUT2D eigenvalue weighted by Crippen LogP contribution is -2.39. The molecule has 0 aromatic heterocycles. The highest BCUT2D eigenvalue weighted by Gasteiger charge is 2.35. The fourth-order valence-corrected chi connectivity index (χ4v) is 6.12. The second-order valence-corrected chi connectivity index (χ2v) is 9.99. The monoisotopic (exact) mass is 472 g/mol. The fraction of sp³-hybridized carbons (Fsp3) is 0.0571. The number of benzene rings is 6. The topological polar surface area (TPSA) is 15.6 Å². The maximum atomic E-state index is 5.14. The number of nitrogens with zero attached hydrogens (tertiary/aromatic N) is 2. The second-order valence-electron chi connectivity index (χ2n) is 9.99. The van der Waals surface area contributed by atoms with Crippen LogP contribution in [-0.4, -0.2) is 17.9 Å². The van der Waals surface area contributed by atoms with Gasteiger partial charge in [-0.2, -0.15) is 0 Å². The number of fused-ring (bicyclic) bond motifs is 1. The molecule has 0 spiro atoms. The number of hydrogen-bond acceptors (Lipinski definition) is 2. The predicted octanol–water partition coefficient (Wildman–Crippen LogP) is 8.38. The van der Waals surface area contributed by atoms with Gasteiger partial charge in [0.05, 0.1) is 12.1 Å². The molecule has 1 aliphatic carbocycles. The van der Waals surface area contributed by atoms with Crippen molar-refractivity contribution in [1.82, 2.24) is 0 Å². The molecule has 174 valence electrons. The number of aliphatic imine (C=N–C) groups is 1. The molecule has 0 radical (unpaired) electrons. The first kappa shape index (κ1) is 20.5. The SMILES string of the molecule is C1=CC2N=C(c3ccc(-c4cc5ccc6cccc7ccc(c4)c5c67)cc3)N(c3ccccc3)C2C=C1. The smallest absolute Gasteiger partial charge is 0.136 e. The van der Waals surface area contributed by atoms with Gasteiger partial charge in [0.2, 0.25) is 0 Å². The lowest BCUT2D eigenvalue weighted by Gasteiger charge is -2.29. The van der Waals surface area contributed by atoms with Crippen LogP contribution in [0.3, 0.4) is 0 Å². The molecule has 1 heterocycles. The van der Waals surface area contributed by atoms with E-state index in [4.69, 9.17) is 4.99 Å². The summed E-state index contributed by atoms with van der Waals surface area (Å²) in [5.41, 5.74) is 4.77. The van der Waals surface area contributed by atoms with Crippen molar-refractivity contribution < 1.29 is 0 Å². The minimum atomic E-state index is 0.139. The van der Waals surface area contributed by atoms with Crippen LogP contribution in [0.1, 0.15) is 5.56 Å². The maximum Gasteiger partial charge on any atom is 0.136 e. The largest absolute Gasteiger partial charge is 0.317 e. The average molecular weight is 473 g/mol. The first-order valence-electron chi connectivity index (χ1n) is 12.9. The first-order chi connectivity index (χ1) is 18.3. The number of hydrogen-bond donors (Lipinski definition) is 0. The lowest BCUT2D eigenvalue weighted by molar-refractivity contribution is 0.739. The first-order valence-corrected chi connectivity index (χ1v) is 12.9. The second kappa shape index (κ2) is 7.91. The van der Waals surface area contributed by atoms with Crippen molar-refractivity contribution in [2.24, 2.45) is 4.99 Å². The van der Waals surface area contributed by atoms with E-state index in [9.17, 15) is 0 Å². The minimum Gasteiger partial charge on any atom is -0.317 e. The highest BCUT2D eigenvalue weighted by atomic mass is 15.3. The molecule has 0 bridgehead atoms. The van der Waals surface area contributed by atoms with Gasteiger partial charge in [0.25, 0.3) is 0 Å². The number of amidine groups is 1. The van der Waals surface area contributed by atoms with Gasteiger partial charge in [-0.05, 0) is 67.7 Å². The van der Waals surface area contributed by atoms with Crippen molar-refractivity contribution in [3.05, 3.63) is 139 Å². The Kier molecular flexibility index (Phi) is 4.38. The van der Waals surface area contributed by atoms with E-state index in [0.29, 0.717) is 0 Å².